The molecule has 1 aromatic carbocycles. The number of aromatic nitrogens is 3. The van der Waals surface area contributed by atoms with Gasteiger partial charge >= 0.3 is 0 Å². The zero-order valence-corrected chi connectivity index (χ0v) is 13.5. The molecule has 126 valence electrons. The second kappa shape index (κ2) is 7.48. The molecule has 3 rings (SSSR count). The van der Waals surface area contributed by atoms with Crippen LogP contribution >= 0.6 is 0 Å². The van der Waals surface area contributed by atoms with E-state index in [2.05, 4.69) is 25.6 Å². The minimum Gasteiger partial charge on any atom is -0.349 e. The number of carbonyl (C=O) groups excluding carboxylic acids is 1. The van der Waals surface area contributed by atoms with Crippen molar-refractivity contribution in [2.75, 3.05) is 10.6 Å². The average molecular weight is 337 g/mol. The van der Waals surface area contributed by atoms with Crippen LogP contribution in [0.3, 0.4) is 0 Å². The third kappa shape index (κ3) is 4.35. The summed E-state index contributed by atoms with van der Waals surface area (Å²) in [6.45, 7) is 2.19. The molecule has 6 nitrogen and oxygen atoms in total. The summed E-state index contributed by atoms with van der Waals surface area (Å²) < 4.78 is 13.7. The van der Waals surface area contributed by atoms with Gasteiger partial charge in [-0.3, -0.25) is 9.78 Å². The average Bonchev–Trinajstić information content (AvgIpc) is 2.62. The maximum Gasteiger partial charge on any atom is 0.274 e. The molecular formula is C18H16FN5O. The van der Waals surface area contributed by atoms with E-state index in [1.807, 2.05) is 18.2 Å². The smallest absolute Gasteiger partial charge is 0.274 e. The van der Waals surface area contributed by atoms with Crippen molar-refractivity contribution in [3.8, 4) is 0 Å². The molecule has 25 heavy (non-hydrogen) atoms. The van der Waals surface area contributed by atoms with Crippen molar-refractivity contribution in [1.29, 1.82) is 0 Å². The van der Waals surface area contributed by atoms with Gasteiger partial charge in [0.15, 0.2) is 0 Å². The fraction of sp³-hybridized carbons (Fsp3) is 0.111. The summed E-state index contributed by atoms with van der Waals surface area (Å²) in [7, 11) is 0. The Kier molecular flexibility index (Phi) is 4.94. The number of amides is 1. The number of pyridine rings is 1. The summed E-state index contributed by atoms with van der Waals surface area (Å²) >= 11 is 0. The van der Waals surface area contributed by atoms with E-state index >= 15 is 0 Å². The van der Waals surface area contributed by atoms with Crippen molar-refractivity contribution in [2.24, 2.45) is 0 Å². The van der Waals surface area contributed by atoms with E-state index in [1.165, 1.54) is 12.1 Å². The number of nitrogens with zero attached hydrogens (tertiary/aromatic N) is 3. The van der Waals surface area contributed by atoms with Gasteiger partial charge in [-0.05, 0) is 37.3 Å². The molecule has 2 aromatic heterocycles. The number of nitrogens with one attached hydrogen (secondary N) is 2. The van der Waals surface area contributed by atoms with Crippen LogP contribution in [0.15, 0.2) is 54.7 Å². The van der Waals surface area contributed by atoms with Crippen molar-refractivity contribution >= 4 is 17.5 Å². The minimum absolute atomic E-state index is 0.103. The Balaban J connectivity index is 1.74. The Hall–Kier alpha value is -3.35. The molecule has 0 saturated heterocycles. The van der Waals surface area contributed by atoms with Crippen LogP contribution in [-0.2, 0) is 6.54 Å². The van der Waals surface area contributed by atoms with Crippen LogP contribution in [-0.4, -0.2) is 20.9 Å². The first-order valence-corrected chi connectivity index (χ1v) is 7.67. The van der Waals surface area contributed by atoms with E-state index in [0.717, 1.165) is 5.69 Å². The summed E-state index contributed by atoms with van der Waals surface area (Å²) in [6.07, 6.45) is 1.70. The first-order valence-electron chi connectivity index (χ1n) is 7.67. The standard InChI is InChI=1S/C18H16FN5O/c1-12-10-16(17(25)23-15-8-3-2-7-14(15)19)24-18(22-12)21-11-13-6-4-5-9-20-13/h2-10H,11H2,1H3,(H,23,25)(H,21,22,24). The maximum absolute atomic E-state index is 13.7. The fourth-order valence-electron chi connectivity index (χ4n) is 2.19. The molecule has 0 atom stereocenters. The summed E-state index contributed by atoms with van der Waals surface area (Å²) in [4.78, 5) is 25.0. The summed E-state index contributed by atoms with van der Waals surface area (Å²) in [5.41, 5.74) is 1.70. The van der Waals surface area contributed by atoms with Crippen LogP contribution in [0.2, 0.25) is 0 Å². The number of halogens is 1. The van der Waals surface area contributed by atoms with Crippen LogP contribution in [0.4, 0.5) is 16.0 Å². The molecule has 0 aliphatic carbocycles. The van der Waals surface area contributed by atoms with Crippen molar-refractivity contribution < 1.29 is 9.18 Å². The SMILES string of the molecule is Cc1cc(C(=O)Nc2ccccc2F)nc(NCc2ccccn2)n1. The molecule has 0 radical (unpaired) electrons. The van der Waals surface area contributed by atoms with Gasteiger partial charge in [0.2, 0.25) is 5.95 Å². The molecule has 2 heterocycles. The van der Waals surface area contributed by atoms with Gasteiger partial charge in [0.25, 0.3) is 5.91 Å². The van der Waals surface area contributed by atoms with E-state index in [4.69, 9.17) is 0 Å². The summed E-state index contributed by atoms with van der Waals surface area (Å²) in [6, 6.07) is 13.1. The van der Waals surface area contributed by atoms with Gasteiger partial charge < -0.3 is 10.6 Å². The molecular weight excluding hydrogens is 321 g/mol. The molecule has 0 fully saturated rings. The lowest BCUT2D eigenvalue weighted by atomic mass is 10.2. The number of rotatable bonds is 5. The monoisotopic (exact) mass is 337 g/mol. The lowest BCUT2D eigenvalue weighted by Crippen LogP contribution is -2.17. The number of hydrogen-bond donors (Lipinski definition) is 2. The van der Waals surface area contributed by atoms with Crippen molar-refractivity contribution in [3.63, 3.8) is 0 Å². The number of benzene rings is 1. The third-order valence-electron chi connectivity index (χ3n) is 3.36. The van der Waals surface area contributed by atoms with E-state index in [1.54, 1.807) is 31.3 Å². The molecule has 0 saturated carbocycles. The van der Waals surface area contributed by atoms with Crippen molar-refractivity contribution in [2.45, 2.75) is 13.5 Å². The molecule has 0 aliphatic heterocycles. The molecule has 7 heteroatoms. The maximum atomic E-state index is 13.7. The highest BCUT2D eigenvalue weighted by Crippen LogP contribution is 2.14. The lowest BCUT2D eigenvalue weighted by molar-refractivity contribution is 0.102. The molecule has 3 aromatic rings. The number of carbonyl (C=O) groups is 1. The molecule has 0 bridgehead atoms. The second-order valence-electron chi connectivity index (χ2n) is 5.33. The number of aryl methyl sites for hydroxylation is 1. The first kappa shape index (κ1) is 16.5. The van der Waals surface area contributed by atoms with E-state index < -0.39 is 11.7 Å². The van der Waals surface area contributed by atoms with Gasteiger partial charge in [0.1, 0.15) is 11.5 Å². The van der Waals surface area contributed by atoms with Crippen LogP contribution in [0.5, 0.6) is 0 Å². The Morgan fingerprint density at radius 2 is 1.92 bits per heavy atom. The zero-order valence-electron chi connectivity index (χ0n) is 13.5. The van der Waals surface area contributed by atoms with E-state index in [0.29, 0.717) is 18.2 Å². The third-order valence-corrected chi connectivity index (χ3v) is 3.36. The molecule has 0 unspecified atom stereocenters. The van der Waals surface area contributed by atoms with Gasteiger partial charge in [-0.25, -0.2) is 14.4 Å². The Bertz CT molecular complexity index is 886. The molecule has 0 spiro atoms. The normalized spacial score (nSPS) is 10.3. The van der Waals surface area contributed by atoms with Gasteiger partial charge in [-0.1, -0.05) is 18.2 Å². The molecule has 2 N–H and O–H groups in total. The Morgan fingerprint density at radius 3 is 2.68 bits per heavy atom. The lowest BCUT2D eigenvalue weighted by Gasteiger charge is -2.09. The fourth-order valence-corrected chi connectivity index (χ4v) is 2.19. The number of para-hydroxylation sites is 1. The topological polar surface area (TPSA) is 79.8 Å². The van der Waals surface area contributed by atoms with Crippen LogP contribution in [0.1, 0.15) is 21.9 Å². The highest BCUT2D eigenvalue weighted by atomic mass is 19.1. The van der Waals surface area contributed by atoms with Crippen LogP contribution in [0, 0.1) is 12.7 Å². The van der Waals surface area contributed by atoms with Gasteiger partial charge in [-0.2, -0.15) is 0 Å². The number of hydrogen-bond acceptors (Lipinski definition) is 5. The van der Waals surface area contributed by atoms with Gasteiger partial charge in [0.05, 0.1) is 17.9 Å². The van der Waals surface area contributed by atoms with Crippen molar-refractivity contribution in [1.82, 2.24) is 15.0 Å². The largest absolute Gasteiger partial charge is 0.349 e. The minimum atomic E-state index is -0.505. The summed E-state index contributed by atoms with van der Waals surface area (Å²) in [5.74, 6) is -0.698. The molecule has 1 amide bonds. The van der Waals surface area contributed by atoms with E-state index in [9.17, 15) is 9.18 Å². The summed E-state index contributed by atoms with van der Waals surface area (Å²) in [5, 5.41) is 5.54. The van der Waals surface area contributed by atoms with Gasteiger partial charge in [-0.15, -0.1) is 0 Å². The molecule has 0 aliphatic rings. The first-order chi connectivity index (χ1) is 12.1. The Labute approximate surface area is 144 Å². The highest BCUT2D eigenvalue weighted by Gasteiger charge is 2.13. The zero-order chi connectivity index (χ0) is 17.6. The predicted molar refractivity (Wildman–Crippen MR) is 92.7 cm³/mol. The van der Waals surface area contributed by atoms with Gasteiger partial charge in [0, 0.05) is 11.9 Å². The Morgan fingerprint density at radius 1 is 1.12 bits per heavy atom. The van der Waals surface area contributed by atoms with Crippen LogP contribution < -0.4 is 10.6 Å². The highest BCUT2D eigenvalue weighted by molar-refractivity contribution is 6.03. The quantitative estimate of drug-likeness (QED) is 0.747. The van der Waals surface area contributed by atoms with E-state index in [-0.39, 0.29) is 11.4 Å². The predicted octanol–water partition coefficient (Wildman–Crippen LogP) is 3.18. The number of anilines is 2. The van der Waals surface area contributed by atoms with Crippen molar-refractivity contribution in [3.05, 3.63) is 77.6 Å². The second-order valence-corrected chi connectivity index (χ2v) is 5.33. The van der Waals surface area contributed by atoms with Crippen LogP contribution in [0.25, 0.3) is 0 Å².